The monoisotopic (exact) mass is 214 g/mol. The van der Waals surface area contributed by atoms with Crippen molar-refractivity contribution in [2.24, 2.45) is 0 Å². The molecule has 0 saturated carbocycles. The molecule has 2 heterocycles. The summed E-state index contributed by atoms with van der Waals surface area (Å²) in [4.78, 5) is 2.39. The number of rotatable bonds is 2. The van der Waals surface area contributed by atoms with Crippen molar-refractivity contribution in [2.75, 3.05) is 26.2 Å². The van der Waals surface area contributed by atoms with E-state index in [0.29, 0.717) is 0 Å². The summed E-state index contributed by atoms with van der Waals surface area (Å²) in [5.74, 6) is 0. The number of halogens is 1. The number of nitrogens with zero attached hydrogens (tertiary/aromatic N) is 3. The Morgan fingerprint density at radius 1 is 1.36 bits per heavy atom. The van der Waals surface area contributed by atoms with Gasteiger partial charge in [-0.15, -0.1) is 12.4 Å². The Morgan fingerprint density at radius 3 is 2.79 bits per heavy atom. The van der Waals surface area contributed by atoms with Crippen LogP contribution < -0.4 is 5.32 Å². The highest BCUT2D eigenvalue weighted by atomic mass is 35.5. The molecule has 0 radical (unpaired) electrons. The van der Waals surface area contributed by atoms with Gasteiger partial charge in [-0.25, -0.2) is 0 Å². The fraction of sp³-hybridized carbons (Fsp3) is 0.556. The highest BCUT2D eigenvalue weighted by Gasteiger charge is 2.09. The van der Waals surface area contributed by atoms with Crippen molar-refractivity contribution >= 4 is 12.4 Å². The second-order valence-corrected chi connectivity index (χ2v) is 3.24. The van der Waals surface area contributed by atoms with Crippen LogP contribution in [0, 0.1) is 0 Å². The van der Waals surface area contributed by atoms with Crippen LogP contribution in [-0.2, 0) is 6.54 Å². The molecular formula is C9H15ClN4. The lowest BCUT2D eigenvalue weighted by Crippen LogP contribution is -2.43. The van der Waals surface area contributed by atoms with E-state index in [1.807, 2.05) is 12.1 Å². The second kappa shape index (κ2) is 5.90. The van der Waals surface area contributed by atoms with Gasteiger partial charge in [0, 0.05) is 38.9 Å². The molecule has 0 unspecified atom stereocenters. The molecule has 0 spiro atoms. The normalized spacial score (nSPS) is 17.4. The third-order valence-corrected chi connectivity index (χ3v) is 2.22. The number of hydrogen-bond acceptors (Lipinski definition) is 4. The van der Waals surface area contributed by atoms with Crippen molar-refractivity contribution in [3.05, 3.63) is 24.0 Å². The van der Waals surface area contributed by atoms with Crippen LogP contribution in [0.3, 0.4) is 0 Å². The van der Waals surface area contributed by atoms with E-state index in [1.54, 1.807) is 6.20 Å². The van der Waals surface area contributed by atoms with Crippen LogP contribution in [0.1, 0.15) is 5.69 Å². The first-order valence-corrected chi connectivity index (χ1v) is 4.65. The summed E-state index contributed by atoms with van der Waals surface area (Å²) in [6.45, 7) is 5.31. The zero-order chi connectivity index (χ0) is 8.93. The lowest BCUT2D eigenvalue weighted by molar-refractivity contribution is 0.230. The summed E-state index contributed by atoms with van der Waals surface area (Å²) in [5, 5.41) is 11.2. The quantitative estimate of drug-likeness (QED) is 0.769. The van der Waals surface area contributed by atoms with E-state index < -0.39 is 0 Å². The van der Waals surface area contributed by atoms with Crippen molar-refractivity contribution in [1.29, 1.82) is 0 Å². The van der Waals surface area contributed by atoms with E-state index >= 15 is 0 Å². The smallest absolute Gasteiger partial charge is 0.0771 e. The molecule has 1 saturated heterocycles. The predicted octanol–water partition coefficient (Wildman–Crippen LogP) is 0.304. The van der Waals surface area contributed by atoms with Crippen LogP contribution in [0.2, 0.25) is 0 Å². The molecule has 4 nitrogen and oxygen atoms in total. The summed E-state index contributed by atoms with van der Waals surface area (Å²) in [5.41, 5.74) is 1.06. The maximum Gasteiger partial charge on any atom is 0.0771 e. The molecule has 1 aromatic rings. The van der Waals surface area contributed by atoms with Crippen molar-refractivity contribution in [3.63, 3.8) is 0 Å². The van der Waals surface area contributed by atoms with Gasteiger partial charge in [0.1, 0.15) is 0 Å². The van der Waals surface area contributed by atoms with Crippen molar-refractivity contribution in [3.8, 4) is 0 Å². The first-order valence-electron chi connectivity index (χ1n) is 4.65. The third-order valence-electron chi connectivity index (χ3n) is 2.22. The molecule has 78 valence electrons. The van der Waals surface area contributed by atoms with Crippen LogP contribution in [0.4, 0.5) is 0 Å². The fourth-order valence-corrected chi connectivity index (χ4v) is 1.52. The SMILES string of the molecule is Cl.c1cnnc(CN2CCNCC2)c1. The van der Waals surface area contributed by atoms with Gasteiger partial charge in [-0.3, -0.25) is 4.90 Å². The van der Waals surface area contributed by atoms with Crippen molar-refractivity contribution in [2.45, 2.75) is 6.54 Å². The molecule has 0 amide bonds. The summed E-state index contributed by atoms with van der Waals surface area (Å²) in [6, 6.07) is 3.96. The van der Waals surface area contributed by atoms with Crippen molar-refractivity contribution < 1.29 is 0 Å². The average Bonchev–Trinajstić information content (AvgIpc) is 2.21. The third kappa shape index (κ3) is 3.21. The number of hydrogen-bond donors (Lipinski definition) is 1. The van der Waals surface area contributed by atoms with Crippen LogP contribution in [0.25, 0.3) is 0 Å². The maximum atomic E-state index is 4.06. The van der Waals surface area contributed by atoms with Gasteiger partial charge in [0.05, 0.1) is 5.69 Å². The van der Waals surface area contributed by atoms with Crippen LogP contribution in [-0.4, -0.2) is 41.3 Å². The van der Waals surface area contributed by atoms with Gasteiger partial charge in [-0.2, -0.15) is 10.2 Å². The highest BCUT2D eigenvalue weighted by Crippen LogP contribution is 2.00. The van der Waals surface area contributed by atoms with E-state index in [-0.39, 0.29) is 12.4 Å². The minimum Gasteiger partial charge on any atom is -0.314 e. The predicted molar refractivity (Wildman–Crippen MR) is 57.4 cm³/mol. The number of aromatic nitrogens is 2. The highest BCUT2D eigenvalue weighted by molar-refractivity contribution is 5.85. The lowest BCUT2D eigenvalue weighted by atomic mass is 10.3. The van der Waals surface area contributed by atoms with Gasteiger partial charge >= 0.3 is 0 Å². The first-order chi connectivity index (χ1) is 6.45. The summed E-state index contributed by atoms with van der Waals surface area (Å²) < 4.78 is 0. The first kappa shape index (κ1) is 11.4. The Labute approximate surface area is 90.1 Å². The number of piperazine rings is 1. The number of nitrogens with one attached hydrogen (secondary N) is 1. The van der Waals surface area contributed by atoms with Gasteiger partial charge in [0.25, 0.3) is 0 Å². The van der Waals surface area contributed by atoms with E-state index in [9.17, 15) is 0 Å². The molecule has 1 aliphatic rings. The van der Waals surface area contributed by atoms with Crippen LogP contribution in [0.5, 0.6) is 0 Å². The Hall–Kier alpha value is -0.710. The van der Waals surface area contributed by atoms with Gasteiger partial charge in [0.15, 0.2) is 0 Å². The van der Waals surface area contributed by atoms with Crippen LogP contribution >= 0.6 is 12.4 Å². The zero-order valence-electron chi connectivity index (χ0n) is 8.02. The fourth-order valence-electron chi connectivity index (χ4n) is 1.52. The molecule has 14 heavy (non-hydrogen) atoms. The molecule has 0 bridgehead atoms. The second-order valence-electron chi connectivity index (χ2n) is 3.24. The van der Waals surface area contributed by atoms with E-state index in [2.05, 4.69) is 20.4 Å². The molecule has 0 atom stereocenters. The van der Waals surface area contributed by atoms with Gasteiger partial charge in [-0.1, -0.05) is 0 Å². The summed E-state index contributed by atoms with van der Waals surface area (Å²) in [6.07, 6.45) is 1.71. The van der Waals surface area contributed by atoms with E-state index in [1.165, 1.54) is 0 Å². The van der Waals surface area contributed by atoms with Gasteiger partial charge in [-0.05, 0) is 12.1 Å². The van der Waals surface area contributed by atoms with E-state index in [0.717, 1.165) is 38.4 Å². The molecule has 0 aliphatic carbocycles. The Kier molecular flexibility index (Phi) is 4.79. The molecule has 5 heteroatoms. The van der Waals surface area contributed by atoms with Crippen molar-refractivity contribution in [1.82, 2.24) is 20.4 Å². The minimum atomic E-state index is 0. The van der Waals surface area contributed by atoms with Crippen LogP contribution in [0.15, 0.2) is 18.3 Å². The molecule has 1 aromatic heterocycles. The Bertz CT molecular complexity index is 248. The van der Waals surface area contributed by atoms with Gasteiger partial charge in [0.2, 0.25) is 0 Å². The molecule has 1 N–H and O–H groups in total. The molecule has 1 fully saturated rings. The summed E-state index contributed by atoms with van der Waals surface area (Å²) in [7, 11) is 0. The zero-order valence-corrected chi connectivity index (χ0v) is 8.83. The Morgan fingerprint density at radius 2 is 2.14 bits per heavy atom. The molecule has 2 rings (SSSR count). The molecule has 1 aliphatic heterocycles. The van der Waals surface area contributed by atoms with E-state index in [4.69, 9.17) is 0 Å². The van der Waals surface area contributed by atoms with Gasteiger partial charge < -0.3 is 5.32 Å². The maximum absolute atomic E-state index is 4.06. The summed E-state index contributed by atoms with van der Waals surface area (Å²) >= 11 is 0. The topological polar surface area (TPSA) is 41.1 Å². The minimum absolute atomic E-state index is 0. The Balaban J connectivity index is 0.000000980. The average molecular weight is 215 g/mol. The molecular weight excluding hydrogens is 200 g/mol. The molecule has 0 aromatic carbocycles. The standard InChI is InChI=1S/C9H14N4.ClH/c1-2-9(12-11-3-1)8-13-6-4-10-5-7-13;/h1-3,10H,4-8H2;1H. The lowest BCUT2D eigenvalue weighted by Gasteiger charge is -2.26. The largest absolute Gasteiger partial charge is 0.314 e.